The van der Waals surface area contributed by atoms with E-state index in [1.54, 1.807) is 6.07 Å². The van der Waals surface area contributed by atoms with E-state index in [1.165, 1.54) is 12.5 Å². The number of carbonyl (C=O) groups excluding carboxylic acids is 1. The van der Waals surface area contributed by atoms with Crippen molar-refractivity contribution in [2.24, 2.45) is 0 Å². The molecule has 118 valence electrons. The molecule has 5 heteroatoms. The van der Waals surface area contributed by atoms with E-state index in [2.05, 4.69) is 16.0 Å². The van der Waals surface area contributed by atoms with Crippen LogP contribution in [-0.2, 0) is 4.79 Å². The van der Waals surface area contributed by atoms with E-state index in [4.69, 9.17) is 9.47 Å². The predicted molar refractivity (Wildman–Crippen MR) is 88.7 cm³/mol. The molecule has 0 aliphatic rings. The molecule has 0 aliphatic carbocycles. The van der Waals surface area contributed by atoms with Crippen molar-refractivity contribution in [1.29, 1.82) is 0 Å². The Hall–Kier alpha value is -2.82. The van der Waals surface area contributed by atoms with Crippen LogP contribution in [0.5, 0.6) is 11.5 Å². The second-order valence-electron chi connectivity index (χ2n) is 5.29. The molecule has 0 bridgehead atoms. The summed E-state index contributed by atoms with van der Waals surface area (Å²) in [4.78, 5) is 19.1. The lowest BCUT2D eigenvalue weighted by atomic mass is 10.2. The van der Waals surface area contributed by atoms with Gasteiger partial charge >= 0.3 is 5.97 Å². The van der Waals surface area contributed by atoms with Crippen LogP contribution in [0.4, 0.5) is 0 Å². The predicted octanol–water partition coefficient (Wildman–Crippen LogP) is 3.86. The van der Waals surface area contributed by atoms with Gasteiger partial charge in [0.05, 0.1) is 17.6 Å². The quantitative estimate of drug-likeness (QED) is 0.587. The number of fused-ring (bicyclic) bond motifs is 1. The molecule has 0 radical (unpaired) electrons. The minimum atomic E-state index is -0.377. The number of esters is 1. The molecule has 0 spiro atoms. The molecule has 3 rings (SSSR count). The molecule has 23 heavy (non-hydrogen) atoms. The van der Waals surface area contributed by atoms with Gasteiger partial charge in [-0.2, -0.15) is 0 Å². The Kier molecular flexibility index (Phi) is 4.02. The van der Waals surface area contributed by atoms with Crippen LogP contribution in [0.25, 0.3) is 22.4 Å². The Morgan fingerprint density at radius 1 is 1.17 bits per heavy atom. The van der Waals surface area contributed by atoms with Gasteiger partial charge in [-0.1, -0.05) is 6.07 Å². The first-order valence-electron chi connectivity index (χ1n) is 7.49. The zero-order valence-corrected chi connectivity index (χ0v) is 13.3. The molecule has 0 saturated heterocycles. The van der Waals surface area contributed by atoms with Crippen molar-refractivity contribution in [3.05, 3.63) is 42.0 Å². The highest BCUT2D eigenvalue weighted by molar-refractivity contribution is 5.80. The Bertz CT molecular complexity index is 868. The van der Waals surface area contributed by atoms with Crippen molar-refractivity contribution in [2.75, 3.05) is 6.61 Å². The fourth-order valence-corrected chi connectivity index (χ4v) is 2.42. The van der Waals surface area contributed by atoms with Crippen LogP contribution in [0, 0.1) is 6.92 Å². The summed E-state index contributed by atoms with van der Waals surface area (Å²) in [5, 5.41) is 0. The number of imidazole rings is 1. The van der Waals surface area contributed by atoms with Crippen LogP contribution < -0.4 is 9.47 Å². The highest BCUT2D eigenvalue weighted by Crippen LogP contribution is 2.32. The lowest BCUT2D eigenvalue weighted by Gasteiger charge is -2.10. The summed E-state index contributed by atoms with van der Waals surface area (Å²) < 4.78 is 10.7. The summed E-state index contributed by atoms with van der Waals surface area (Å²) in [6, 6.07) is 11.5. The molecule has 0 aliphatic heterocycles. The number of nitrogens with zero attached hydrogens (tertiary/aromatic N) is 1. The first-order valence-corrected chi connectivity index (χ1v) is 7.49. The second kappa shape index (κ2) is 6.12. The molecule has 1 heterocycles. The van der Waals surface area contributed by atoms with Crippen molar-refractivity contribution in [1.82, 2.24) is 9.97 Å². The molecular weight excluding hydrogens is 292 g/mol. The van der Waals surface area contributed by atoms with Crippen LogP contribution in [0.15, 0.2) is 36.4 Å². The number of H-pyrrole nitrogens is 1. The molecule has 0 unspecified atom stereocenters. The van der Waals surface area contributed by atoms with Crippen LogP contribution in [-0.4, -0.2) is 22.5 Å². The number of hydrogen-bond donors (Lipinski definition) is 1. The molecule has 0 fully saturated rings. The number of hydrogen-bond acceptors (Lipinski definition) is 4. The molecule has 5 nitrogen and oxygen atoms in total. The standard InChI is InChI=1S/C18H18N2O3/c1-4-22-17-10-13(6-8-16(17)23-12(3)21)18-19-14-7-5-11(2)9-15(14)20-18/h5-10H,4H2,1-3H3,(H,19,20). The maximum absolute atomic E-state index is 11.2. The molecule has 0 atom stereocenters. The summed E-state index contributed by atoms with van der Waals surface area (Å²) in [5.74, 6) is 1.31. The molecule has 2 aromatic carbocycles. The molecule has 0 amide bonds. The number of ether oxygens (including phenoxy) is 2. The van der Waals surface area contributed by atoms with Gasteiger partial charge in [0, 0.05) is 12.5 Å². The molecular formula is C18H18N2O3. The largest absolute Gasteiger partial charge is 0.490 e. The fourth-order valence-electron chi connectivity index (χ4n) is 2.42. The topological polar surface area (TPSA) is 64.2 Å². The van der Waals surface area contributed by atoms with Crippen LogP contribution in [0.3, 0.4) is 0 Å². The molecule has 1 N–H and O–H groups in total. The maximum atomic E-state index is 11.2. The monoisotopic (exact) mass is 310 g/mol. The van der Waals surface area contributed by atoms with Gasteiger partial charge in [0.2, 0.25) is 0 Å². The Morgan fingerprint density at radius 3 is 2.74 bits per heavy atom. The summed E-state index contributed by atoms with van der Waals surface area (Å²) in [6.07, 6.45) is 0. The van der Waals surface area contributed by atoms with Crippen LogP contribution in [0.1, 0.15) is 19.4 Å². The smallest absolute Gasteiger partial charge is 0.308 e. The molecule has 0 saturated carbocycles. The average Bonchev–Trinajstić information content (AvgIpc) is 2.91. The van der Waals surface area contributed by atoms with Gasteiger partial charge in [0.25, 0.3) is 0 Å². The number of carbonyl (C=O) groups is 1. The van der Waals surface area contributed by atoms with Gasteiger partial charge in [0.15, 0.2) is 11.5 Å². The van der Waals surface area contributed by atoms with E-state index >= 15 is 0 Å². The third-order valence-corrected chi connectivity index (χ3v) is 3.41. The lowest BCUT2D eigenvalue weighted by Crippen LogP contribution is -2.04. The lowest BCUT2D eigenvalue weighted by molar-refractivity contribution is -0.132. The van der Waals surface area contributed by atoms with Crippen molar-refractivity contribution < 1.29 is 14.3 Å². The molecule has 1 aromatic heterocycles. The number of nitrogens with one attached hydrogen (secondary N) is 1. The SMILES string of the molecule is CCOc1cc(-c2nc3ccc(C)cc3[nH]2)ccc1OC(C)=O. The van der Waals surface area contributed by atoms with E-state index in [9.17, 15) is 4.79 Å². The van der Waals surface area contributed by atoms with Crippen LogP contribution in [0.2, 0.25) is 0 Å². The minimum Gasteiger partial charge on any atom is -0.490 e. The number of aromatic nitrogens is 2. The van der Waals surface area contributed by atoms with E-state index in [0.717, 1.165) is 22.4 Å². The summed E-state index contributed by atoms with van der Waals surface area (Å²) in [5.41, 5.74) is 3.95. The van der Waals surface area contributed by atoms with Crippen molar-refractivity contribution in [3.8, 4) is 22.9 Å². The van der Waals surface area contributed by atoms with Gasteiger partial charge in [-0.3, -0.25) is 4.79 Å². The Balaban J connectivity index is 2.03. The van der Waals surface area contributed by atoms with Gasteiger partial charge in [-0.05, 0) is 49.7 Å². The van der Waals surface area contributed by atoms with Crippen molar-refractivity contribution in [3.63, 3.8) is 0 Å². The minimum absolute atomic E-state index is 0.377. The number of aromatic amines is 1. The van der Waals surface area contributed by atoms with E-state index < -0.39 is 0 Å². The Labute approximate surface area is 134 Å². The zero-order valence-electron chi connectivity index (χ0n) is 13.3. The zero-order chi connectivity index (χ0) is 16.4. The summed E-state index contributed by atoms with van der Waals surface area (Å²) >= 11 is 0. The first kappa shape index (κ1) is 15.1. The summed E-state index contributed by atoms with van der Waals surface area (Å²) in [7, 11) is 0. The van der Waals surface area contributed by atoms with E-state index in [-0.39, 0.29) is 5.97 Å². The van der Waals surface area contributed by atoms with Crippen LogP contribution >= 0.6 is 0 Å². The first-order chi connectivity index (χ1) is 11.1. The third kappa shape index (κ3) is 3.18. The fraction of sp³-hybridized carbons (Fsp3) is 0.222. The van der Waals surface area contributed by atoms with Crippen molar-refractivity contribution in [2.45, 2.75) is 20.8 Å². The maximum Gasteiger partial charge on any atom is 0.308 e. The highest BCUT2D eigenvalue weighted by atomic mass is 16.6. The van der Waals surface area contributed by atoms with Crippen molar-refractivity contribution >= 4 is 17.0 Å². The highest BCUT2D eigenvalue weighted by Gasteiger charge is 2.12. The number of benzene rings is 2. The second-order valence-corrected chi connectivity index (χ2v) is 5.29. The normalized spacial score (nSPS) is 10.7. The number of rotatable bonds is 4. The van der Waals surface area contributed by atoms with Gasteiger partial charge in [0.1, 0.15) is 5.82 Å². The third-order valence-electron chi connectivity index (χ3n) is 3.41. The summed E-state index contributed by atoms with van der Waals surface area (Å²) in [6.45, 7) is 5.78. The van der Waals surface area contributed by atoms with E-state index in [1.807, 2.05) is 38.1 Å². The Morgan fingerprint density at radius 2 is 2.00 bits per heavy atom. The average molecular weight is 310 g/mol. The number of aryl methyl sites for hydroxylation is 1. The van der Waals surface area contributed by atoms with Gasteiger partial charge < -0.3 is 14.5 Å². The van der Waals surface area contributed by atoms with Gasteiger partial charge in [-0.15, -0.1) is 0 Å². The van der Waals surface area contributed by atoms with Gasteiger partial charge in [-0.25, -0.2) is 4.98 Å². The molecule has 3 aromatic rings. The van der Waals surface area contributed by atoms with E-state index in [0.29, 0.717) is 18.1 Å².